The Bertz CT molecular complexity index is 301. The van der Waals surface area contributed by atoms with Gasteiger partial charge in [0.25, 0.3) is 0 Å². The second kappa shape index (κ2) is 6.80. The summed E-state index contributed by atoms with van der Waals surface area (Å²) < 4.78 is 0. The average Bonchev–Trinajstić information content (AvgIpc) is 2.42. The summed E-state index contributed by atoms with van der Waals surface area (Å²) in [6, 6.07) is 11.7. The van der Waals surface area contributed by atoms with Crippen molar-refractivity contribution in [2.24, 2.45) is 0 Å². The molecule has 0 aliphatic heterocycles. The molecule has 1 aromatic rings. The zero-order valence-electron chi connectivity index (χ0n) is 11.1. The van der Waals surface area contributed by atoms with Crippen molar-refractivity contribution in [3.8, 4) is 0 Å². The van der Waals surface area contributed by atoms with Crippen molar-refractivity contribution in [3.63, 3.8) is 0 Å². The maximum absolute atomic E-state index is 2.69. The standard InChI is InChI=1S/C16H25N/c1-2-17(16-11-7-4-8-12-16)14-13-15-9-5-3-6-10-15/h3,5-6,9-10,16H,2,4,7-8,11-14H2,1H3. The predicted molar refractivity (Wildman–Crippen MR) is 74.3 cm³/mol. The Morgan fingerprint density at radius 3 is 2.41 bits per heavy atom. The summed E-state index contributed by atoms with van der Waals surface area (Å²) in [6.45, 7) is 4.74. The van der Waals surface area contributed by atoms with Crippen molar-refractivity contribution in [2.75, 3.05) is 13.1 Å². The van der Waals surface area contributed by atoms with Gasteiger partial charge >= 0.3 is 0 Å². The van der Waals surface area contributed by atoms with Gasteiger partial charge in [-0.05, 0) is 31.4 Å². The highest BCUT2D eigenvalue weighted by atomic mass is 15.1. The molecule has 2 rings (SSSR count). The zero-order chi connectivity index (χ0) is 11.9. The number of benzene rings is 1. The van der Waals surface area contributed by atoms with Crippen LogP contribution in [0.4, 0.5) is 0 Å². The van der Waals surface area contributed by atoms with Gasteiger partial charge in [0.15, 0.2) is 0 Å². The van der Waals surface area contributed by atoms with Gasteiger partial charge in [0, 0.05) is 12.6 Å². The fourth-order valence-corrected chi connectivity index (χ4v) is 2.96. The first kappa shape index (κ1) is 12.6. The van der Waals surface area contributed by atoms with Gasteiger partial charge in [0.1, 0.15) is 0 Å². The fourth-order valence-electron chi connectivity index (χ4n) is 2.96. The van der Waals surface area contributed by atoms with Crippen molar-refractivity contribution >= 4 is 0 Å². The van der Waals surface area contributed by atoms with E-state index in [2.05, 4.69) is 42.2 Å². The highest BCUT2D eigenvalue weighted by molar-refractivity contribution is 5.14. The summed E-state index contributed by atoms with van der Waals surface area (Å²) in [4.78, 5) is 2.69. The predicted octanol–water partition coefficient (Wildman–Crippen LogP) is 3.88. The van der Waals surface area contributed by atoms with E-state index in [1.165, 1.54) is 57.2 Å². The van der Waals surface area contributed by atoms with Gasteiger partial charge in [0.05, 0.1) is 0 Å². The lowest BCUT2D eigenvalue weighted by atomic mass is 9.94. The normalized spacial score (nSPS) is 17.5. The molecule has 1 aromatic carbocycles. The molecule has 1 aliphatic carbocycles. The zero-order valence-corrected chi connectivity index (χ0v) is 11.1. The van der Waals surface area contributed by atoms with Crippen molar-refractivity contribution in [2.45, 2.75) is 51.5 Å². The van der Waals surface area contributed by atoms with Gasteiger partial charge in [-0.25, -0.2) is 0 Å². The van der Waals surface area contributed by atoms with Crippen molar-refractivity contribution in [3.05, 3.63) is 35.9 Å². The number of likely N-dealkylation sites (N-methyl/N-ethyl adjacent to an activating group) is 1. The Balaban J connectivity index is 1.82. The van der Waals surface area contributed by atoms with Gasteiger partial charge in [-0.15, -0.1) is 0 Å². The monoisotopic (exact) mass is 231 g/mol. The number of hydrogen-bond acceptors (Lipinski definition) is 1. The Kier molecular flexibility index (Phi) is 5.06. The molecule has 0 heterocycles. The maximum atomic E-state index is 2.69. The van der Waals surface area contributed by atoms with E-state index in [4.69, 9.17) is 0 Å². The Labute approximate surface area is 106 Å². The molecule has 1 saturated carbocycles. The number of hydrogen-bond donors (Lipinski definition) is 0. The quantitative estimate of drug-likeness (QED) is 0.743. The first-order chi connectivity index (χ1) is 8.40. The van der Waals surface area contributed by atoms with Crippen LogP contribution in [0.1, 0.15) is 44.6 Å². The van der Waals surface area contributed by atoms with Gasteiger partial charge in [-0.1, -0.05) is 56.5 Å². The third kappa shape index (κ3) is 3.85. The highest BCUT2D eigenvalue weighted by Gasteiger charge is 2.19. The fraction of sp³-hybridized carbons (Fsp3) is 0.625. The Morgan fingerprint density at radius 1 is 1.06 bits per heavy atom. The van der Waals surface area contributed by atoms with E-state index in [1.54, 1.807) is 0 Å². The van der Waals surface area contributed by atoms with Gasteiger partial charge in [-0.3, -0.25) is 0 Å². The molecule has 1 nitrogen and oxygen atoms in total. The molecule has 17 heavy (non-hydrogen) atoms. The van der Waals surface area contributed by atoms with Crippen LogP contribution in [0.5, 0.6) is 0 Å². The van der Waals surface area contributed by atoms with Gasteiger partial charge in [-0.2, -0.15) is 0 Å². The minimum atomic E-state index is 0.859. The van der Waals surface area contributed by atoms with E-state index in [9.17, 15) is 0 Å². The van der Waals surface area contributed by atoms with Crippen molar-refractivity contribution < 1.29 is 0 Å². The van der Waals surface area contributed by atoms with E-state index in [0.717, 1.165) is 6.04 Å². The first-order valence-electron chi connectivity index (χ1n) is 7.18. The maximum Gasteiger partial charge on any atom is 0.00952 e. The second-order valence-electron chi connectivity index (χ2n) is 5.16. The largest absolute Gasteiger partial charge is 0.300 e. The SMILES string of the molecule is CCN(CCc1ccccc1)C1CCCCC1. The molecule has 0 bridgehead atoms. The molecule has 0 unspecified atom stereocenters. The lowest BCUT2D eigenvalue weighted by Crippen LogP contribution is -2.38. The molecule has 1 heteroatoms. The third-order valence-corrected chi connectivity index (χ3v) is 4.03. The van der Waals surface area contributed by atoms with Crippen LogP contribution in [0.15, 0.2) is 30.3 Å². The van der Waals surface area contributed by atoms with Crippen LogP contribution in [-0.2, 0) is 6.42 Å². The molecule has 0 saturated heterocycles. The van der Waals surface area contributed by atoms with E-state index in [1.807, 2.05) is 0 Å². The summed E-state index contributed by atoms with van der Waals surface area (Å²) in [7, 11) is 0. The minimum absolute atomic E-state index is 0.859. The Morgan fingerprint density at radius 2 is 1.76 bits per heavy atom. The second-order valence-corrected chi connectivity index (χ2v) is 5.16. The van der Waals surface area contributed by atoms with E-state index in [0.29, 0.717) is 0 Å². The van der Waals surface area contributed by atoms with Crippen LogP contribution in [0, 0.1) is 0 Å². The number of rotatable bonds is 5. The molecular weight excluding hydrogens is 206 g/mol. The summed E-state index contributed by atoms with van der Waals surface area (Å²) >= 11 is 0. The summed E-state index contributed by atoms with van der Waals surface area (Å²) in [5, 5.41) is 0. The smallest absolute Gasteiger partial charge is 0.00952 e. The molecule has 1 aliphatic rings. The van der Waals surface area contributed by atoms with Crippen LogP contribution in [0.2, 0.25) is 0 Å². The molecular formula is C16H25N. The van der Waals surface area contributed by atoms with Crippen LogP contribution >= 0.6 is 0 Å². The molecule has 0 spiro atoms. The van der Waals surface area contributed by atoms with Gasteiger partial charge < -0.3 is 4.90 Å². The molecule has 0 radical (unpaired) electrons. The lowest BCUT2D eigenvalue weighted by molar-refractivity contribution is 0.165. The van der Waals surface area contributed by atoms with E-state index < -0.39 is 0 Å². The first-order valence-corrected chi connectivity index (χ1v) is 7.18. The minimum Gasteiger partial charge on any atom is -0.300 e. The molecule has 1 fully saturated rings. The molecule has 0 amide bonds. The van der Waals surface area contributed by atoms with E-state index in [-0.39, 0.29) is 0 Å². The van der Waals surface area contributed by atoms with Crippen LogP contribution in [0.3, 0.4) is 0 Å². The van der Waals surface area contributed by atoms with Crippen LogP contribution < -0.4 is 0 Å². The Hall–Kier alpha value is -0.820. The topological polar surface area (TPSA) is 3.24 Å². The molecule has 94 valence electrons. The average molecular weight is 231 g/mol. The van der Waals surface area contributed by atoms with Crippen LogP contribution in [0.25, 0.3) is 0 Å². The molecule has 0 aromatic heterocycles. The third-order valence-electron chi connectivity index (χ3n) is 4.03. The van der Waals surface area contributed by atoms with Crippen molar-refractivity contribution in [1.82, 2.24) is 4.90 Å². The van der Waals surface area contributed by atoms with E-state index >= 15 is 0 Å². The van der Waals surface area contributed by atoms with Crippen molar-refractivity contribution in [1.29, 1.82) is 0 Å². The summed E-state index contributed by atoms with van der Waals surface area (Å²) in [5.41, 5.74) is 1.47. The van der Waals surface area contributed by atoms with Crippen LogP contribution in [-0.4, -0.2) is 24.0 Å². The summed E-state index contributed by atoms with van der Waals surface area (Å²) in [6.07, 6.45) is 8.36. The molecule has 0 N–H and O–H groups in total. The number of nitrogens with zero attached hydrogens (tertiary/aromatic N) is 1. The lowest BCUT2D eigenvalue weighted by Gasteiger charge is -2.33. The summed E-state index contributed by atoms with van der Waals surface area (Å²) in [5.74, 6) is 0. The molecule has 0 atom stereocenters. The highest BCUT2D eigenvalue weighted by Crippen LogP contribution is 2.22. The van der Waals surface area contributed by atoms with Gasteiger partial charge in [0.2, 0.25) is 0 Å².